The Morgan fingerprint density at radius 3 is 2.35 bits per heavy atom. The van der Waals surface area contributed by atoms with E-state index in [9.17, 15) is 4.79 Å². The normalized spacial score (nSPS) is 10.9. The fourth-order valence-electron chi connectivity index (χ4n) is 1.88. The summed E-state index contributed by atoms with van der Waals surface area (Å²) in [6, 6.07) is 9.90. The summed E-state index contributed by atoms with van der Waals surface area (Å²) in [5, 5.41) is 9.30. The molecule has 5 nitrogen and oxygen atoms in total. The largest absolute Gasteiger partial charge is 0.356 e. The second-order valence-electron chi connectivity index (χ2n) is 5.62. The molecule has 1 aromatic carbocycles. The molecule has 0 fully saturated rings. The highest BCUT2D eigenvalue weighted by molar-refractivity contribution is 14.0. The first-order chi connectivity index (χ1) is 10.6. The molecule has 1 aromatic rings. The highest BCUT2D eigenvalue weighted by Gasteiger charge is 2.03. The lowest BCUT2D eigenvalue weighted by atomic mass is 10.1. The fraction of sp³-hybridized carbons (Fsp3) is 0.529. The molecule has 23 heavy (non-hydrogen) atoms. The van der Waals surface area contributed by atoms with Crippen molar-refractivity contribution >= 4 is 35.8 Å². The van der Waals surface area contributed by atoms with E-state index >= 15 is 0 Å². The predicted molar refractivity (Wildman–Crippen MR) is 107 cm³/mol. The number of hydrogen-bond acceptors (Lipinski definition) is 2. The van der Waals surface area contributed by atoms with E-state index in [1.165, 1.54) is 0 Å². The third kappa shape index (κ3) is 11.0. The molecule has 0 radical (unpaired) electrons. The van der Waals surface area contributed by atoms with Crippen LogP contribution in [0.2, 0.25) is 0 Å². The van der Waals surface area contributed by atoms with Crippen molar-refractivity contribution in [3.8, 4) is 0 Å². The topological polar surface area (TPSA) is 65.5 Å². The van der Waals surface area contributed by atoms with Gasteiger partial charge in [0.25, 0.3) is 0 Å². The molecule has 3 N–H and O–H groups in total. The van der Waals surface area contributed by atoms with Gasteiger partial charge in [-0.1, -0.05) is 44.2 Å². The summed E-state index contributed by atoms with van der Waals surface area (Å²) in [6.07, 6.45) is 1.52. The van der Waals surface area contributed by atoms with Crippen LogP contribution in [0.15, 0.2) is 35.3 Å². The first kappa shape index (κ1) is 21.7. The van der Waals surface area contributed by atoms with Crippen LogP contribution < -0.4 is 16.0 Å². The van der Waals surface area contributed by atoms with E-state index in [0.29, 0.717) is 25.4 Å². The maximum absolute atomic E-state index is 11.8. The van der Waals surface area contributed by atoms with Crippen molar-refractivity contribution in [3.63, 3.8) is 0 Å². The average molecular weight is 432 g/mol. The Hall–Kier alpha value is -1.31. The van der Waals surface area contributed by atoms with Gasteiger partial charge in [0.2, 0.25) is 5.91 Å². The molecule has 0 saturated heterocycles. The van der Waals surface area contributed by atoms with Gasteiger partial charge >= 0.3 is 0 Å². The molecule has 0 bridgehead atoms. The Labute approximate surface area is 156 Å². The molecule has 0 spiro atoms. The van der Waals surface area contributed by atoms with Gasteiger partial charge in [-0.25, -0.2) is 0 Å². The molecule has 0 aliphatic carbocycles. The summed E-state index contributed by atoms with van der Waals surface area (Å²) in [4.78, 5) is 15.9. The molecule has 130 valence electrons. The molecular formula is C17H29IN4O. The van der Waals surface area contributed by atoms with E-state index in [0.717, 1.165) is 24.5 Å². The lowest BCUT2D eigenvalue weighted by Gasteiger charge is -2.12. The zero-order valence-corrected chi connectivity index (χ0v) is 16.6. The first-order valence-corrected chi connectivity index (χ1v) is 7.87. The zero-order valence-electron chi connectivity index (χ0n) is 14.3. The van der Waals surface area contributed by atoms with Crippen molar-refractivity contribution in [2.75, 3.05) is 20.1 Å². The molecule has 0 aromatic heterocycles. The van der Waals surface area contributed by atoms with Gasteiger partial charge < -0.3 is 16.0 Å². The van der Waals surface area contributed by atoms with Crippen molar-refractivity contribution in [1.29, 1.82) is 0 Å². The highest BCUT2D eigenvalue weighted by atomic mass is 127. The van der Waals surface area contributed by atoms with Crippen molar-refractivity contribution in [2.24, 2.45) is 10.9 Å². The average Bonchev–Trinajstić information content (AvgIpc) is 2.52. The highest BCUT2D eigenvalue weighted by Crippen LogP contribution is 1.97. The summed E-state index contributed by atoms with van der Waals surface area (Å²) in [5.41, 5.74) is 1.11. The Kier molecular flexibility index (Phi) is 12.4. The fourth-order valence-corrected chi connectivity index (χ4v) is 1.88. The second-order valence-corrected chi connectivity index (χ2v) is 5.62. The van der Waals surface area contributed by atoms with Crippen LogP contribution in [0.4, 0.5) is 0 Å². The van der Waals surface area contributed by atoms with Crippen molar-refractivity contribution < 1.29 is 4.79 Å². The molecule has 0 heterocycles. The first-order valence-electron chi connectivity index (χ1n) is 7.87. The van der Waals surface area contributed by atoms with Gasteiger partial charge in [-0.3, -0.25) is 9.79 Å². The number of carbonyl (C=O) groups is 1. The molecule has 1 amide bonds. The van der Waals surface area contributed by atoms with Crippen LogP contribution in [-0.4, -0.2) is 32.0 Å². The van der Waals surface area contributed by atoms with Crippen LogP contribution in [0.5, 0.6) is 0 Å². The number of nitrogens with zero attached hydrogens (tertiary/aromatic N) is 1. The Balaban J connectivity index is 0.00000484. The standard InChI is InChI=1S/C17H28N4O.HI/c1-14(2)9-11-19-17(18-3)20-12-10-16(22)21-13-15-7-5-4-6-8-15;/h4-8,14H,9-13H2,1-3H3,(H,21,22)(H2,18,19,20);1H. The Morgan fingerprint density at radius 1 is 1.09 bits per heavy atom. The van der Waals surface area contributed by atoms with Gasteiger partial charge in [0.05, 0.1) is 0 Å². The Morgan fingerprint density at radius 2 is 1.74 bits per heavy atom. The molecule has 0 aliphatic rings. The van der Waals surface area contributed by atoms with Crippen molar-refractivity contribution in [3.05, 3.63) is 35.9 Å². The number of rotatable bonds is 8. The van der Waals surface area contributed by atoms with Crippen LogP contribution in [0.1, 0.15) is 32.3 Å². The van der Waals surface area contributed by atoms with Crippen LogP contribution >= 0.6 is 24.0 Å². The van der Waals surface area contributed by atoms with Crippen LogP contribution in [0, 0.1) is 5.92 Å². The van der Waals surface area contributed by atoms with Crippen molar-refractivity contribution in [2.45, 2.75) is 33.2 Å². The summed E-state index contributed by atoms with van der Waals surface area (Å²) in [6.45, 7) is 6.41. The summed E-state index contributed by atoms with van der Waals surface area (Å²) >= 11 is 0. The van der Waals surface area contributed by atoms with Crippen LogP contribution in [-0.2, 0) is 11.3 Å². The van der Waals surface area contributed by atoms with Gasteiger partial charge in [0, 0.05) is 33.1 Å². The lowest BCUT2D eigenvalue weighted by Crippen LogP contribution is -2.39. The van der Waals surface area contributed by atoms with E-state index in [1.807, 2.05) is 30.3 Å². The summed E-state index contributed by atoms with van der Waals surface area (Å²) in [5.74, 6) is 1.44. The summed E-state index contributed by atoms with van der Waals surface area (Å²) in [7, 11) is 1.74. The summed E-state index contributed by atoms with van der Waals surface area (Å²) < 4.78 is 0. The molecule has 6 heteroatoms. The monoisotopic (exact) mass is 432 g/mol. The van der Waals surface area contributed by atoms with E-state index in [-0.39, 0.29) is 29.9 Å². The minimum absolute atomic E-state index is 0. The smallest absolute Gasteiger partial charge is 0.222 e. The van der Waals surface area contributed by atoms with Gasteiger partial charge in [-0.15, -0.1) is 24.0 Å². The van der Waals surface area contributed by atoms with E-state index in [4.69, 9.17) is 0 Å². The van der Waals surface area contributed by atoms with E-state index in [1.54, 1.807) is 7.05 Å². The third-order valence-corrected chi connectivity index (χ3v) is 3.21. The van der Waals surface area contributed by atoms with Crippen molar-refractivity contribution in [1.82, 2.24) is 16.0 Å². The van der Waals surface area contributed by atoms with E-state index in [2.05, 4.69) is 34.8 Å². The maximum atomic E-state index is 11.8. The molecule has 0 unspecified atom stereocenters. The molecule has 0 saturated carbocycles. The number of benzene rings is 1. The minimum Gasteiger partial charge on any atom is -0.356 e. The number of aliphatic imine (C=N–C) groups is 1. The Bertz CT molecular complexity index is 463. The third-order valence-electron chi connectivity index (χ3n) is 3.21. The SMILES string of the molecule is CN=C(NCCC(=O)NCc1ccccc1)NCCC(C)C.I. The van der Waals surface area contributed by atoms with E-state index < -0.39 is 0 Å². The van der Waals surface area contributed by atoms with Gasteiger partial charge in [0.1, 0.15) is 0 Å². The quantitative estimate of drug-likeness (QED) is 0.336. The minimum atomic E-state index is 0. The molecule has 0 aliphatic heterocycles. The van der Waals surface area contributed by atoms with Crippen LogP contribution in [0.25, 0.3) is 0 Å². The number of guanidine groups is 1. The maximum Gasteiger partial charge on any atom is 0.222 e. The second kappa shape index (κ2) is 13.2. The molecule has 0 atom stereocenters. The van der Waals surface area contributed by atoms with Gasteiger partial charge in [-0.05, 0) is 17.9 Å². The van der Waals surface area contributed by atoms with Gasteiger partial charge in [-0.2, -0.15) is 0 Å². The predicted octanol–water partition coefficient (Wildman–Crippen LogP) is 2.52. The van der Waals surface area contributed by atoms with Gasteiger partial charge in [0.15, 0.2) is 5.96 Å². The molecule has 1 rings (SSSR count). The number of amides is 1. The molecular weight excluding hydrogens is 403 g/mol. The number of hydrogen-bond donors (Lipinski definition) is 3. The zero-order chi connectivity index (χ0) is 16.2. The number of halogens is 1. The number of nitrogens with one attached hydrogen (secondary N) is 3. The van der Waals surface area contributed by atoms with Crippen LogP contribution in [0.3, 0.4) is 0 Å². The lowest BCUT2D eigenvalue weighted by molar-refractivity contribution is -0.121. The number of carbonyl (C=O) groups excluding carboxylic acids is 1.